The highest BCUT2D eigenvalue weighted by Gasteiger charge is 2.24. The van der Waals surface area contributed by atoms with E-state index in [9.17, 15) is 4.79 Å². The molecule has 4 nitrogen and oxygen atoms in total. The molecule has 0 amide bonds. The first kappa shape index (κ1) is 16.4. The van der Waals surface area contributed by atoms with Gasteiger partial charge in [0.1, 0.15) is 6.04 Å². The summed E-state index contributed by atoms with van der Waals surface area (Å²) in [6, 6.07) is 9.52. The third-order valence-electron chi connectivity index (χ3n) is 2.88. The van der Waals surface area contributed by atoms with Gasteiger partial charge in [-0.05, 0) is 38.6 Å². The van der Waals surface area contributed by atoms with Crippen LogP contribution in [0.4, 0.5) is 0 Å². The number of benzene rings is 1. The van der Waals surface area contributed by atoms with Crippen molar-refractivity contribution in [1.82, 2.24) is 10.2 Å². The lowest BCUT2D eigenvalue weighted by molar-refractivity contribution is -0.147. The highest BCUT2D eigenvalue weighted by atomic mass is 32.1. The Kier molecular flexibility index (Phi) is 7.01. The second kappa shape index (κ2) is 8.53. The maximum absolute atomic E-state index is 11.9. The van der Waals surface area contributed by atoms with Crippen LogP contribution in [0.3, 0.4) is 0 Å². The Morgan fingerprint density at radius 3 is 2.55 bits per heavy atom. The number of rotatable bonds is 6. The van der Waals surface area contributed by atoms with Crippen molar-refractivity contribution in [2.75, 3.05) is 13.2 Å². The highest BCUT2D eigenvalue weighted by Crippen LogP contribution is 2.10. The molecule has 0 aliphatic rings. The van der Waals surface area contributed by atoms with E-state index in [4.69, 9.17) is 17.0 Å². The van der Waals surface area contributed by atoms with Gasteiger partial charge in [0.15, 0.2) is 5.11 Å². The fourth-order valence-electron chi connectivity index (χ4n) is 1.81. The highest BCUT2D eigenvalue weighted by molar-refractivity contribution is 7.80. The van der Waals surface area contributed by atoms with Crippen LogP contribution >= 0.6 is 12.2 Å². The summed E-state index contributed by atoms with van der Waals surface area (Å²) in [5.74, 6) is -0.260. The molecule has 0 heterocycles. The minimum atomic E-state index is -0.415. The van der Waals surface area contributed by atoms with Gasteiger partial charge in [0, 0.05) is 13.1 Å². The van der Waals surface area contributed by atoms with Crippen molar-refractivity contribution in [3.05, 3.63) is 35.9 Å². The molecule has 1 unspecified atom stereocenters. The predicted octanol–water partition coefficient (Wildman–Crippen LogP) is 2.33. The van der Waals surface area contributed by atoms with Gasteiger partial charge in [0.25, 0.3) is 0 Å². The number of nitrogens with zero attached hydrogens (tertiary/aromatic N) is 1. The van der Waals surface area contributed by atoms with Gasteiger partial charge in [-0.2, -0.15) is 0 Å². The van der Waals surface area contributed by atoms with Crippen LogP contribution in [0.15, 0.2) is 30.3 Å². The molecule has 1 atom stereocenters. The van der Waals surface area contributed by atoms with Crippen LogP contribution in [-0.4, -0.2) is 35.2 Å². The summed E-state index contributed by atoms with van der Waals surface area (Å²) < 4.78 is 5.08. The van der Waals surface area contributed by atoms with Gasteiger partial charge < -0.3 is 15.0 Å². The first-order valence-electron chi connectivity index (χ1n) is 6.85. The van der Waals surface area contributed by atoms with Gasteiger partial charge in [-0.25, -0.2) is 4.79 Å². The third kappa shape index (κ3) is 4.81. The Bertz CT molecular complexity index is 437. The lowest BCUT2D eigenvalue weighted by atomic mass is 10.2. The zero-order valence-corrected chi connectivity index (χ0v) is 13.1. The van der Waals surface area contributed by atoms with E-state index in [1.165, 1.54) is 0 Å². The summed E-state index contributed by atoms with van der Waals surface area (Å²) >= 11 is 5.36. The lowest BCUT2D eigenvalue weighted by Gasteiger charge is -2.30. The zero-order valence-electron chi connectivity index (χ0n) is 12.3. The number of hydrogen-bond donors (Lipinski definition) is 1. The number of esters is 1. The topological polar surface area (TPSA) is 41.6 Å². The van der Waals surface area contributed by atoms with Crippen molar-refractivity contribution in [2.45, 2.75) is 33.4 Å². The van der Waals surface area contributed by atoms with E-state index in [-0.39, 0.29) is 5.97 Å². The third-order valence-corrected chi connectivity index (χ3v) is 3.26. The molecule has 0 spiro atoms. The Morgan fingerprint density at radius 2 is 2.00 bits per heavy atom. The minimum Gasteiger partial charge on any atom is -0.464 e. The average Bonchev–Trinajstić information content (AvgIpc) is 2.45. The van der Waals surface area contributed by atoms with Gasteiger partial charge in [-0.3, -0.25) is 0 Å². The molecule has 1 rings (SSSR count). The molecule has 5 heteroatoms. The molecular weight excluding hydrogens is 272 g/mol. The van der Waals surface area contributed by atoms with Gasteiger partial charge >= 0.3 is 5.97 Å². The maximum Gasteiger partial charge on any atom is 0.328 e. The summed E-state index contributed by atoms with van der Waals surface area (Å²) in [5.41, 5.74) is 1.10. The molecule has 0 aliphatic carbocycles. The Hall–Kier alpha value is -1.62. The normalized spacial score (nSPS) is 11.6. The maximum atomic E-state index is 11.9. The summed E-state index contributed by atoms with van der Waals surface area (Å²) in [6.45, 7) is 7.25. The van der Waals surface area contributed by atoms with E-state index < -0.39 is 6.04 Å². The van der Waals surface area contributed by atoms with Crippen LogP contribution in [0, 0.1) is 0 Å². The van der Waals surface area contributed by atoms with Crippen LogP contribution < -0.4 is 5.32 Å². The van der Waals surface area contributed by atoms with Gasteiger partial charge in [0.05, 0.1) is 6.61 Å². The zero-order chi connectivity index (χ0) is 15.0. The van der Waals surface area contributed by atoms with E-state index in [1.54, 1.807) is 6.92 Å². The van der Waals surface area contributed by atoms with Crippen molar-refractivity contribution < 1.29 is 9.53 Å². The largest absolute Gasteiger partial charge is 0.464 e. The Labute approximate surface area is 126 Å². The van der Waals surface area contributed by atoms with Crippen LogP contribution in [-0.2, 0) is 16.1 Å². The Balaban J connectivity index is 2.84. The molecule has 0 aromatic heterocycles. The van der Waals surface area contributed by atoms with Crippen molar-refractivity contribution in [2.24, 2.45) is 0 Å². The molecule has 20 heavy (non-hydrogen) atoms. The number of carbonyl (C=O) groups is 1. The van der Waals surface area contributed by atoms with E-state index in [0.717, 1.165) is 12.1 Å². The molecule has 0 bridgehead atoms. The molecule has 0 aliphatic heterocycles. The van der Waals surface area contributed by atoms with Crippen molar-refractivity contribution in [1.29, 1.82) is 0 Å². The summed E-state index contributed by atoms with van der Waals surface area (Å²) in [4.78, 5) is 13.8. The second-order valence-corrected chi connectivity index (χ2v) is 4.76. The first-order chi connectivity index (χ1) is 9.60. The van der Waals surface area contributed by atoms with E-state index >= 15 is 0 Å². The summed E-state index contributed by atoms with van der Waals surface area (Å²) in [6.07, 6.45) is 0. The molecule has 0 saturated carbocycles. The van der Waals surface area contributed by atoms with E-state index in [2.05, 4.69) is 5.32 Å². The molecule has 0 radical (unpaired) electrons. The number of carbonyl (C=O) groups excluding carboxylic acids is 1. The summed E-state index contributed by atoms with van der Waals surface area (Å²) in [7, 11) is 0. The fourth-order valence-corrected chi connectivity index (χ4v) is 2.17. The van der Waals surface area contributed by atoms with Gasteiger partial charge in [-0.15, -0.1) is 0 Å². The molecular formula is C15H22N2O2S. The van der Waals surface area contributed by atoms with Crippen LogP contribution in [0.2, 0.25) is 0 Å². The van der Waals surface area contributed by atoms with Crippen molar-refractivity contribution >= 4 is 23.3 Å². The van der Waals surface area contributed by atoms with Gasteiger partial charge in [0.2, 0.25) is 0 Å². The molecule has 0 fully saturated rings. The number of nitrogens with one attached hydrogen (secondary N) is 1. The molecule has 0 saturated heterocycles. The van der Waals surface area contributed by atoms with Crippen molar-refractivity contribution in [3.63, 3.8) is 0 Å². The molecule has 1 N–H and O–H groups in total. The number of hydrogen-bond acceptors (Lipinski definition) is 3. The fraction of sp³-hybridized carbons (Fsp3) is 0.467. The minimum absolute atomic E-state index is 0.260. The molecule has 1 aromatic carbocycles. The SMILES string of the molecule is CCNC(=S)N(Cc1ccccc1)C(C)C(=O)OCC. The monoisotopic (exact) mass is 294 g/mol. The second-order valence-electron chi connectivity index (χ2n) is 4.38. The molecule has 110 valence electrons. The van der Waals surface area contributed by atoms with Crippen molar-refractivity contribution in [3.8, 4) is 0 Å². The van der Waals surface area contributed by atoms with Crippen LogP contribution in [0.5, 0.6) is 0 Å². The van der Waals surface area contributed by atoms with Crippen LogP contribution in [0.1, 0.15) is 26.3 Å². The van der Waals surface area contributed by atoms with E-state index in [1.807, 2.05) is 49.1 Å². The number of ether oxygens (including phenoxy) is 1. The quantitative estimate of drug-likeness (QED) is 0.644. The average molecular weight is 294 g/mol. The Morgan fingerprint density at radius 1 is 1.35 bits per heavy atom. The number of thiocarbonyl (C=S) groups is 1. The first-order valence-corrected chi connectivity index (χ1v) is 7.26. The lowest BCUT2D eigenvalue weighted by Crippen LogP contribution is -2.48. The predicted molar refractivity (Wildman–Crippen MR) is 84.4 cm³/mol. The summed E-state index contributed by atoms with van der Waals surface area (Å²) in [5, 5.41) is 3.66. The van der Waals surface area contributed by atoms with Gasteiger partial charge in [-0.1, -0.05) is 30.3 Å². The smallest absolute Gasteiger partial charge is 0.328 e. The standard InChI is InChI=1S/C15H22N2O2S/c1-4-16-15(20)17(12(3)14(18)19-5-2)11-13-9-7-6-8-10-13/h6-10,12H,4-5,11H2,1-3H3,(H,16,20). The van der Waals surface area contributed by atoms with E-state index in [0.29, 0.717) is 18.3 Å². The van der Waals surface area contributed by atoms with Crippen LogP contribution in [0.25, 0.3) is 0 Å². The molecule has 1 aromatic rings.